The van der Waals surface area contributed by atoms with Gasteiger partial charge in [0.2, 0.25) is 0 Å². The van der Waals surface area contributed by atoms with Gasteiger partial charge in [0.25, 0.3) is 5.91 Å². The second-order valence-corrected chi connectivity index (χ2v) is 6.15. The highest BCUT2D eigenvalue weighted by atomic mass is 19.1. The molecule has 3 rings (SSSR count). The molecule has 0 aromatic heterocycles. The molecule has 0 unspecified atom stereocenters. The first-order chi connectivity index (χ1) is 12.8. The zero-order valence-corrected chi connectivity index (χ0v) is 14.7. The Morgan fingerprint density at radius 2 is 1.85 bits per heavy atom. The number of rotatable bonds is 4. The Morgan fingerprint density at radius 1 is 1.19 bits per heavy atom. The van der Waals surface area contributed by atoms with Crippen LogP contribution in [-0.2, 0) is 16.0 Å². The topological polar surface area (TPSA) is 86.7 Å². The van der Waals surface area contributed by atoms with Gasteiger partial charge in [-0.05, 0) is 53.6 Å². The number of carboxylic acids is 1. The van der Waals surface area contributed by atoms with Crippen molar-refractivity contribution in [1.82, 2.24) is 0 Å². The number of hydrogen-bond donors (Lipinski definition) is 2. The lowest BCUT2D eigenvalue weighted by Gasteiger charge is -2.22. The number of anilines is 2. The Kier molecular flexibility index (Phi) is 4.77. The number of carbonyl (C=O) groups is 3. The van der Waals surface area contributed by atoms with Crippen LogP contribution in [0.25, 0.3) is 6.08 Å². The molecule has 27 heavy (non-hydrogen) atoms. The van der Waals surface area contributed by atoms with Crippen molar-refractivity contribution >= 4 is 35.1 Å². The van der Waals surface area contributed by atoms with Crippen LogP contribution in [0, 0.1) is 5.82 Å². The van der Waals surface area contributed by atoms with E-state index in [1.807, 2.05) is 0 Å². The summed E-state index contributed by atoms with van der Waals surface area (Å²) in [6.07, 6.45) is 1.39. The van der Waals surface area contributed by atoms with E-state index in [2.05, 4.69) is 5.32 Å². The van der Waals surface area contributed by atoms with E-state index in [1.54, 1.807) is 7.05 Å². The lowest BCUT2D eigenvalue weighted by molar-refractivity contribution is -0.120. The molecule has 0 atom stereocenters. The Morgan fingerprint density at radius 3 is 2.44 bits per heavy atom. The van der Waals surface area contributed by atoms with Gasteiger partial charge in [0.15, 0.2) is 5.78 Å². The van der Waals surface area contributed by atoms with Crippen molar-refractivity contribution in [2.75, 3.05) is 24.3 Å². The largest absolute Gasteiger partial charge is 0.478 e. The Bertz CT molecular complexity index is 980. The first-order valence-electron chi connectivity index (χ1n) is 8.18. The fourth-order valence-electron chi connectivity index (χ4n) is 3.01. The summed E-state index contributed by atoms with van der Waals surface area (Å²) in [5, 5.41) is 11.8. The summed E-state index contributed by atoms with van der Waals surface area (Å²) in [6.45, 7) is 0. The highest BCUT2D eigenvalue weighted by molar-refractivity contribution is 6.28. The van der Waals surface area contributed by atoms with Crippen LogP contribution in [0.2, 0.25) is 0 Å². The van der Waals surface area contributed by atoms with Crippen molar-refractivity contribution in [2.45, 2.75) is 6.42 Å². The molecule has 2 aromatic rings. The van der Waals surface area contributed by atoms with Crippen LogP contribution in [0.3, 0.4) is 0 Å². The molecule has 6 nitrogen and oxygen atoms in total. The minimum Gasteiger partial charge on any atom is -0.478 e. The molecule has 0 spiro atoms. The summed E-state index contributed by atoms with van der Waals surface area (Å²) >= 11 is 0. The van der Waals surface area contributed by atoms with Gasteiger partial charge in [-0.25, -0.2) is 9.18 Å². The van der Waals surface area contributed by atoms with Crippen LogP contribution >= 0.6 is 0 Å². The van der Waals surface area contributed by atoms with Gasteiger partial charge in [0.05, 0.1) is 11.1 Å². The lowest BCUT2D eigenvalue weighted by Crippen LogP contribution is -2.32. The predicted octanol–water partition coefficient (Wildman–Crippen LogP) is 2.74. The molecule has 138 valence electrons. The van der Waals surface area contributed by atoms with Crippen LogP contribution in [0.4, 0.5) is 15.8 Å². The quantitative estimate of drug-likeness (QED) is 0.811. The number of nitrogens with one attached hydrogen (secondary N) is 1. The molecule has 0 bridgehead atoms. The number of benzene rings is 2. The number of fused-ring (bicyclic) bond motifs is 1. The molecule has 0 aliphatic heterocycles. The van der Waals surface area contributed by atoms with Gasteiger partial charge in [0, 0.05) is 31.9 Å². The molecule has 0 saturated heterocycles. The second-order valence-electron chi connectivity index (χ2n) is 6.15. The molecule has 1 amide bonds. The molecular formula is C20H17FN2O4. The monoisotopic (exact) mass is 368 g/mol. The van der Waals surface area contributed by atoms with Gasteiger partial charge >= 0.3 is 5.97 Å². The second kappa shape index (κ2) is 7.03. The molecule has 0 saturated carbocycles. The average molecular weight is 368 g/mol. The van der Waals surface area contributed by atoms with Crippen LogP contribution in [0.15, 0.2) is 42.0 Å². The minimum atomic E-state index is -1.07. The van der Waals surface area contributed by atoms with Crippen LogP contribution in [0.1, 0.15) is 21.5 Å². The Balaban J connectivity index is 1.95. The van der Waals surface area contributed by atoms with E-state index in [0.717, 1.165) is 0 Å². The molecule has 0 radical (unpaired) electrons. The van der Waals surface area contributed by atoms with Crippen LogP contribution < -0.4 is 10.2 Å². The molecule has 2 aromatic carbocycles. The molecule has 1 aliphatic rings. The normalized spacial score (nSPS) is 12.9. The van der Waals surface area contributed by atoms with Gasteiger partial charge in [-0.15, -0.1) is 0 Å². The molecule has 1 aliphatic carbocycles. The summed E-state index contributed by atoms with van der Waals surface area (Å²) in [5.74, 6) is -2.43. The Labute approximate surface area is 154 Å². The predicted molar refractivity (Wildman–Crippen MR) is 99.4 cm³/mol. The van der Waals surface area contributed by atoms with E-state index in [-0.39, 0.29) is 23.3 Å². The fraction of sp³-hybridized carbons (Fsp3) is 0.150. The third-order valence-electron chi connectivity index (χ3n) is 4.49. The highest BCUT2D eigenvalue weighted by Crippen LogP contribution is 2.30. The summed E-state index contributed by atoms with van der Waals surface area (Å²) in [5.41, 5.74) is 2.14. The Hall–Kier alpha value is -3.48. The number of aromatic carboxylic acids is 1. The van der Waals surface area contributed by atoms with Crippen molar-refractivity contribution in [3.05, 3.63) is 64.5 Å². The summed E-state index contributed by atoms with van der Waals surface area (Å²) in [7, 11) is 3.13. The number of halogens is 1. The number of carbonyl (C=O) groups excluding carboxylic acids is 2. The maximum Gasteiger partial charge on any atom is 0.335 e. The van der Waals surface area contributed by atoms with E-state index in [1.165, 1.54) is 54.4 Å². The third kappa shape index (κ3) is 3.44. The fourth-order valence-corrected chi connectivity index (χ4v) is 3.01. The number of nitrogens with zero attached hydrogens (tertiary/aromatic N) is 1. The molecular weight excluding hydrogens is 351 g/mol. The van der Waals surface area contributed by atoms with Crippen molar-refractivity contribution in [3.63, 3.8) is 0 Å². The first-order valence-corrected chi connectivity index (χ1v) is 8.18. The molecule has 0 heterocycles. The summed E-state index contributed by atoms with van der Waals surface area (Å²) in [6, 6.07) is 8.33. The number of likely N-dealkylation sites (N-methyl/N-ethyl adjacent to an activating group) is 1. The SMILES string of the molecule is CNc1cc(F)cc2c1CC(=O)C(C(=O)N(C)c1ccc(C(=O)O)cc1)=C2. The molecule has 0 fully saturated rings. The maximum atomic E-state index is 13.8. The van der Waals surface area contributed by atoms with Crippen molar-refractivity contribution < 1.29 is 23.9 Å². The number of ketones is 1. The van der Waals surface area contributed by atoms with Gasteiger partial charge in [-0.2, -0.15) is 0 Å². The third-order valence-corrected chi connectivity index (χ3v) is 4.49. The van der Waals surface area contributed by atoms with Crippen LogP contribution in [-0.4, -0.2) is 36.9 Å². The van der Waals surface area contributed by atoms with Crippen molar-refractivity contribution in [2.24, 2.45) is 0 Å². The van der Waals surface area contributed by atoms with E-state index >= 15 is 0 Å². The van der Waals surface area contributed by atoms with Gasteiger partial charge < -0.3 is 15.3 Å². The van der Waals surface area contributed by atoms with Gasteiger partial charge in [-0.1, -0.05) is 0 Å². The maximum absolute atomic E-state index is 13.8. The molecule has 7 heteroatoms. The number of Topliss-reactive ketones (excluding diaryl/α,β-unsaturated/α-hetero) is 1. The number of hydrogen-bond acceptors (Lipinski definition) is 4. The van der Waals surface area contributed by atoms with E-state index < -0.39 is 17.7 Å². The summed E-state index contributed by atoms with van der Waals surface area (Å²) < 4.78 is 13.8. The van der Waals surface area contributed by atoms with E-state index in [9.17, 15) is 18.8 Å². The van der Waals surface area contributed by atoms with Crippen molar-refractivity contribution in [3.8, 4) is 0 Å². The minimum absolute atomic E-state index is 0.00481. The highest BCUT2D eigenvalue weighted by Gasteiger charge is 2.28. The average Bonchev–Trinajstić information content (AvgIpc) is 2.66. The standard InChI is InChI=1S/C20H17FN2O4/c1-22-17-9-13(21)7-12-8-16(18(24)10-15(12)17)19(25)23(2)14-5-3-11(4-6-14)20(26)27/h3-9,22H,10H2,1-2H3,(H,26,27). The number of carboxylic acid groups (broad SMARTS) is 1. The van der Waals surface area contributed by atoms with Gasteiger partial charge in [0.1, 0.15) is 5.82 Å². The first kappa shape index (κ1) is 18.3. The molecule has 2 N–H and O–H groups in total. The zero-order valence-electron chi connectivity index (χ0n) is 14.7. The number of amides is 1. The lowest BCUT2D eigenvalue weighted by atomic mass is 9.89. The van der Waals surface area contributed by atoms with Crippen molar-refractivity contribution in [1.29, 1.82) is 0 Å². The smallest absolute Gasteiger partial charge is 0.335 e. The van der Waals surface area contributed by atoms with E-state index in [0.29, 0.717) is 22.5 Å². The van der Waals surface area contributed by atoms with Gasteiger partial charge in [-0.3, -0.25) is 9.59 Å². The zero-order chi connectivity index (χ0) is 19.7. The summed E-state index contributed by atoms with van der Waals surface area (Å²) in [4.78, 5) is 37.5. The van der Waals surface area contributed by atoms with Crippen LogP contribution in [0.5, 0.6) is 0 Å². The van der Waals surface area contributed by atoms with E-state index in [4.69, 9.17) is 5.11 Å².